The summed E-state index contributed by atoms with van der Waals surface area (Å²) in [5.41, 5.74) is -0.0541. The third kappa shape index (κ3) is 5.70. The first-order valence-electron chi connectivity index (χ1n) is 6.38. The molecule has 2 N–H and O–H groups in total. The molecule has 0 spiro atoms. The summed E-state index contributed by atoms with van der Waals surface area (Å²) in [5.74, 6) is -0.943. The SMILES string of the molecule is COCCCNC(=O)COc1ccc(OC)cc1C(=O)O. The van der Waals surface area contributed by atoms with Crippen molar-refractivity contribution in [3.8, 4) is 11.5 Å². The first-order valence-corrected chi connectivity index (χ1v) is 6.38. The number of carbonyl (C=O) groups excluding carboxylic acids is 1. The highest BCUT2D eigenvalue weighted by Crippen LogP contribution is 2.24. The Labute approximate surface area is 122 Å². The number of carbonyl (C=O) groups is 2. The van der Waals surface area contributed by atoms with Gasteiger partial charge in [-0.05, 0) is 24.6 Å². The second-order valence-electron chi connectivity index (χ2n) is 4.15. The van der Waals surface area contributed by atoms with E-state index >= 15 is 0 Å². The molecule has 1 rings (SSSR count). The number of carboxylic acid groups (broad SMARTS) is 1. The van der Waals surface area contributed by atoms with Gasteiger partial charge in [0.1, 0.15) is 17.1 Å². The normalized spacial score (nSPS) is 10.0. The molecule has 0 atom stereocenters. The minimum atomic E-state index is -1.15. The molecule has 0 fully saturated rings. The van der Waals surface area contributed by atoms with Gasteiger partial charge in [-0.1, -0.05) is 0 Å². The number of rotatable bonds is 9. The molecule has 0 saturated carbocycles. The van der Waals surface area contributed by atoms with Crippen molar-refractivity contribution in [1.82, 2.24) is 5.32 Å². The summed E-state index contributed by atoms with van der Waals surface area (Å²) in [4.78, 5) is 22.7. The number of methoxy groups -OCH3 is 2. The van der Waals surface area contributed by atoms with Crippen LogP contribution in [-0.2, 0) is 9.53 Å². The van der Waals surface area contributed by atoms with Crippen LogP contribution in [0.2, 0.25) is 0 Å². The lowest BCUT2D eigenvalue weighted by molar-refractivity contribution is -0.123. The molecule has 1 aromatic rings. The van der Waals surface area contributed by atoms with Crippen LogP contribution in [0.25, 0.3) is 0 Å². The number of hydrogen-bond acceptors (Lipinski definition) is 5. The van der Waals surface area contributed by atoms with E-state index < -0.39 is 5.97 Å². The van der Waals surface area contributed by atoms with E-state index in [1.165, 1.54) is 19.2 Å². The highest BCUT2D eigenvalue weighted by molar-refractivity contribution is 5.91. The Morgan fingerprint density at radius 2 is 2.05 bits per heavy atom. The molecule has 0 saturated heterocycles. The highest BCUT2D eigenvalue weighted by atomic mass is 16.5. The second-order valence-corrected chi connectivity index (χ2v) is 4.15. The second kappa shape index (κ2) is 8.80. The zero-order valence-electron chi connectivity index (χ0n) is 12.0. The fourth-order valence-electron chi connectivity index (χ4n) is 1.57. The van der Waals surface area contributed by atoms with Crippen LogP contribution in [0.4, 0.5) is 0 Å². The summed E-state index contributed by atoms with van der Waals surface area (Å²) in [6, 6.07) is 4.37. The van der Waals surface area contributed by atoms with Gasteiger partial charge in [-0.3, -0.25) is 4.79 Å². The Bertz CT molecular complexity index is 488. The lowest BCUT2D eigenvalue weighted by Gasteiger charge is -2.10. The maximum Gasteiger partial charge on any atom is 0.339 e. The molecule has 0 aromatic heterocycles. The molecule has 0 aliphatic rings. The van der Waals surface area contributed by atoms with Gasteiger partial charge in [0.2, 0.25) is 0 Å². The van der Waals surface area contributed by atoms with Crippen LogP contribution in [0.5, 0.6) is 11.5 Å². The average molecular weight is 297 g/mol. The zero-order valence-corrected chi connectivity index (χ0v) is 12.0. The van der Waals surface area contributed by atoms with E-state index in [-0.39, 0.29) is 23.8 Å². The molecule has 1 aromatic carbocycles. The Balaban J connectivity index is 2.54. The summed E-state index contributed by atoms with van der Waals surface area (Å²) in [6.45, 7) is 0.785. The van der Waals surface area contributed by atoms with Gasteiger partial charge in [0.15, 0.2) is 6.61 Å². The van der Waals surface area contributed by atoms with Crippen LogP contribution < -0.4 is 14.8 Å². The number of amides is 1. The summed E-state index contributed by atoms with van der Waals surface area (Å²) in [6.07, 6.45) is 0.700. The predicted octanol–water partition coefficient (Wildman–Crippen LogP) is 0.925. The highest BCUT2D eigenvalue weighted by Gasteiger charge is 2.14. The van der Waals surface area contributed by atoms with Crippen LogP contribution in [0.15, 0.2) is 18.2 Å². The van der Waals surface area contributed by atoms with Crippen LogP contribution in [0.1, 0.15) is 16.8 Å². The number of benzene rings is 1. The minimum Gasteiger partial charge on any atom is -0.497 e. The minimum absolute atomic E-state index is 0.0541. The number of aromatic carboxylic acids is 1. The molecule has 116 valence electrons. The first-order chi connectivity index (χ1) is 10.1. The van der Waals surface area contributed by atoms with E-state index in [0.717, 1.165) is 0 Å². The Kier molecular flexibility index (Phi) is 7.03. The number of carboxylic acids is 1. The summed E-state index contributed by atoms with van der Waals surface area (Å²) in [7, 11) is 3.02. The van der Waals surface area contributed by atoms with Crippen molar-refractivity contribution in [3.63, 3.8) is 0 Å². The maximum absolute atomic E-state index is 11.5. The standard InChI is InChI=1S/C14H19NO6/c1-19-7-3-6-15-13(16)9-21-12-5-4-10(20-2)8-11(12)14(17)18/h4-5,8H,3,6-7,9H2,1-2H3,(H,15,16)(H,17,18). The van der Waals surface area contributed by atoms with Crippen LogP contribution in [0.3, 0.4) is 0 Å². The van der Waals surface area contributed by atoms with E-state index in [1.54, 1.807) is 13.2 Å². The quantitative estimate of drug-likeness (QED) is 0.658. The van der Waals surface area contributed by atoms with Crippen LogP contribution in [-0.4, -0.2) is 51.0 Å². The molecule has 0 radical (unpaired) electrons. The predicted molar refractivity (Wildman–Crippen MR) is 75.0 cm³/mol. The third-order valence-corrected chi connectivity index (χ3v) is 2.62. The monoisotopic (exact) mass is 297 g/mol. The maximum atomic E-state index is 11.5. The largest absolute Gasteiger partial charge is 0.497 e. The lowest BCUT2D eigenvalue weighted by atomic mass is 10.2. The molecule has 0 aliphatic heterocycles. The van der Waals surface area contributed by atoms with E-state index in [0.29, 0.717) is 25.3 Å². The molecule has 0 bridgehead atoms. The van der Waals surface area contributed by atoms with Gasteiger partial charge in [0, 0.05) is 20.3 Å². The average Bonchev–Trinajstić information content (AvgIpc) is 2.49. The first kappa shape index (κ1) is 16.8. The van der Waals surface area contributed by atoms with Crippen molar-refractivity contribution in [2.45, 2.75) is 6.42 Å². The van der Waals surface area contributed by atoms with Crippen molar-refractivity contribution in [1.29, 1.82) is 0 Å². The molecule has 0 heterocycles. The molecule has 0 aliphatic carbocycles. The van der Waals surface area contributed by atoms with Crippen molar-refractivity contribution in [2.24, 2.45) is 0 Å². The Morgan fingerprint density at radius 3 is 2.67 bits per heavy atom. The summed E-state index contributed by atoms with van der Waals surface area (Å²) in [5, 5.41) is 11.7. The fourth-order valence-corrected chi connectivity index (χ4v) is 1.57. The molecule has 0 unspecified atom stereocenters. The van der Waals surface area contributed by atoms with Crippen molar-refractivity contribution in [3.05, 3.63) is 23.8 Å². The lowest BCUT2D eigenvalue weighted by Crippen LogP contribution is -2.30. The molecule has 7 nitrogen and oxygen atoms in total. The Morgan fingerprint density at radius 1 is 1.29 bits per heavy atom. The molecule has 21 heavy (non-hydrogen) atoms. The number of hydrogen-bond donors (Lipinski definition) is 2. The van der Waals surface area contributed by atoms with Gasteiger partial charge >= 0.3 is 5.97 Å². The molecular weight excluding hydrogens is 278 g/mol. The molecule has 1 amide bonds. The topological polar surface area (TPSA) is 94.1 Å². The zero-order chi connectivity index (χ0) is 15.7. The van der Waals surface area contributed by atoms with Crippen LogP contribution in [0, 0.1) is 0 Å². The van der Waals surface area contributed by atoms with Gasteiger partial charge in [-0.2, -0.15) is 0 Å². The number of nitrogens with one attached hydrogen (secondary N) is 1. The van der Waals surface area contributed by atoms with Gasteiger partial charge in [0.05, 0.1) is 7.11 Å². The van der Waals surface area contributed by atoms with E-state index in [4.69, 9.17) is 19.3 Å². The van der Waals surface area contributed by atoms with E-state index in [9.17, 15) is 9.59 Å². The van der Waals surface area contributed by atoms with Gasteiger partial charge in [-0.25, -0.2) is 4.79 Å². The van der Waals surface area contributed by atoms with Crippen molar-refractivity contribution >= 4 is 11.9 Å². The van der Waals surface area contributed by atoms with Crippen molar-refractivity contribution < 1.29 is 28.9 Å². The summed E-state index contributed by atoms with van der Waals surface area (Å²) >= 11 is 0. The van der Waals surface area contributed by atoms with Crippen LogP contribution >= 0.6 is 0 Å². The molecular formula is C14H19NO6. The van der Waals surface area contributed by atoms with Gasteiger partial charge in [-0.15, -0.1) is 0 Å². The van der Waals surface area contributed by atoms with E-state index in [1.807, 2.05) is 0 Å². The third-order valence-electron chi connectivity index (χ3n) is 2.62. The van der Waals surface area contributed by atoms with Gasteiger partial charge in [0.25, 0.3) is 5.91 Å². The smallest absolute Gasteiger partial charge is 0.339 e. The molecule has 7 heteroatoms. The Hall–Kier alpha value is -2.28. The van der Waals surface area contributed by atoms with Gasteiger partial charge < -0.3 is 24.6 Å². The fraction of sp³-hybridized carbons (Fsp3) is 0.429. The summed E-state index contributed by atoms with van der Waals surface area (Å²) < 4.78 is 15.0. The van der Waals surface area contributed by atoms with Crippen molar-refractivity contribution in [2.75, 3.05) is 34.0 Å². The number of ether oxygens (including phenoxy) is 3. The van der Waals surface area contributed by atoms with E-state index in [2.05, 4.69) is 5.32 Å².